The Kier molecular flexibility index (Phi) is 6.00. The first kappa shape index (κ1) is 21.2. The van der Waals surface area contributed by atoms with Gasteiger partial charge in [0.25, 0.3) is 16.0 Å². The molecule has 3 N–H and O–H groups in total. The van der Waals surface area contributed by atoms with Gasteiger partial charge >= 0.3 is 0 Å². The highest BCUT2D eigenvalue weighted by atomic mass is 32.2. The molecule has 0 radical (unpaired) electrons. The first-order valence-corrected chi connectivity index (χ1v) is 10.4. The zero-order valence-electron chi connectivity index (χ0n) is 16.3. The van der Waals surface area contributed by atoms with Gasteiger partial charge in [-0.15, -0.1) is 0 Å². The van der Waals surface area contributed by atoms with Crippen molar-refractivity contribution in [1.82, 2.24) is 0 Å². The molecule has 30 heavy (non-hydrogen) atoms. The number of benzene rings is 3. The largest absolute Gasteiger partial charge is 0.388 e. The minimum atomic E-state index is -4.42. The molecule has 0 saturated carbocycles. The van der Waals surface area contributed by atoms with E-state index in [-0.39, 0.29) is 16.6 Å². The average Bonchev–Trinajstić information content (AvgIpc) is 2.73. The lowest BCUT2D eigenvalue weighted by Gasteiger charge is -2.11. The van der Waals surface area contributed by atoms with Crippen molar-refractivity contribution in [3.05, 3.63) is 77.9 Å². The lowest BCUT2D eigenvalue weighted by atomic mass is 10.0. The van der Waals surface area contributed by atoms with Crippen LogP contribution >= 0.6 is 0 Å². The minimum absolute atomic E-state index is 0.0791. The van der Waals surface area contributed by atoms with Gasteiger partial charge in [-0.05, 0) is 48.9 Å². The molecule has 3 aromatic carbocycles. The highest BCUT2D eigenvalue weighted by Gasteiger charge is 2.17. The van der Waals surface area contributed by atoms with E-state index < -0.39 is 10.1 Å². The fourth-order valence-corrected chi connectivity index (χ4v) is 3.66. The van der Waals surface area contributed by atoms with Gasteiger partial charge in [0, 0.05) is 35.1 Å². The first-order valence-electron chi connectivity index (χ1n) is 9.01. The fourth-order valence-electron chi connectivity index (χ4n) is 2.92. The third kappa shape index (κ3) is 4.73. The predicted octanol–water partition coefficient (Wildman–Crippen LogP) is 4.10. The maximum absolute atomic E-state index is 12.4. The Balaban J connectivity index is 1.83. The summed E-state index contributed by atoms with van der Waals surface area (Å²) in [4.78, 5) is 23.5. The summed E-state index contributed by atoms with van der Waals surface area (Å²) < 4.78 is 33.1. The Labute approximate surface area is 174 Å². The zero-order chi connectivity index (χ0) is 21.9. The minimum Gasteiger partial charge on any atom is -0.388 e. The third-order valence-corrected chi connectivity index (χ3v) is 5.45. The van der Waals surface area contributed by atoms with Crippen molar-refractivity contribution in [3.8, 4) is 11.1 Å². The quantitative estimate of drug-likeness (QED) is 0.406. The maximum Gasteiger partial charge on any atom is 0.295 e. The van der Waals surface area contributed by atoms with Crippen molar-refractivity contribution in [3.63, 3.8) is 0 Å². The summed E-state index contributed by atoms with van der Waals surface area (Å²) in [6, 6.07) is 17.5. The number of amides is 1. The molecule has 8 heteroatoms. The number of nitrogens with one attached hydrogen (secondary N) is 2. The number of ketones is 1. The summed E-state index contributed by atoms with van der Waals surface area (Å²) in [5, 5.41) is 5.58. The van der Waals surface area contributed by atoms with Crippen molar-refractivity contribution < 1.29 is 22.6 Å². The molecule has 7 nitrogen and oxygen atoms in total. The molecule has 154 valence electrons. The molecule has 3 aromatic rings. The summed E-state index contributed by atoms with van der Waals surface area (Å²) in [5.74, 6) is -0.417. The van der Waals surface area contributed by atoms with Crippen LogP contribution in [0.5, 0.6) is 0 Å². The van der Waals surface area contributed by atoms with Crippen LogP contribution in [-0.2, 0) is 10.1 Å². The topological polar surface area (TPSA) is 113 Å². The van der Waals surface area contributed by atoms with Gasteiger partial charge in [-0.2, -0.15) is 8.42 Å². The SMILES string of the molecule is CNc1ccc(-c2ccc(NC(=O)c3ccc(C(C)=O)cc3)cc2)c(S(=O)(=O)O)c1. The smallest absolute Gasteiger partial charge is 0.295 e. The molecule has 0 aliphatic heterocycles. The Morgan fingerprint density at radius 2 is 1.40 bits per heavy atom. The van der Waals surface area contributed by atoms with Crippen molar-refractivity contribution >= 4 is 33.2 Å². The van der Waals surface area contributed by atoms with Gasteiger partial charge in [0.05, 0.1) is 0 Å². The molecule has 0 bridgehead atoms. The molecule has 0 fully saturated rings. The third-order valence-electron chi connectivity index (χ3n) is 4.56. The number of anilines is 2. The van der Waals surface area contributed by atoms with E-state index in [4.69, 9.17) is 0 Å². The van der Waals surface area contributed by atoms with Crippen LogP contribution in [0.15, 0.2) is 71.6 Å². The van der Waals surface area contributed by atoms with Gasteiger partial charge in [0.1, 0.15) is 4.90 Å². The molecule has 0 aliphatic rings. The first-order chi connectivity index (χ1) is 14.2. The monoisotopic (exact) mass is 424 g/mol. The van der Waals surface area contributed by atoms with Crippen molar-refractivity contribution in [1.29, 1.82) is 0 Å². The van der Waals surface area contributed by atoms with E-state index in [1.807, 2.05) is 0 Å². The average molecular weight is 424 g/mol. The van der Waals surface area contributed by atoms with E-state index in [1.54, 1.807) is 67.7 Å². The maximum atomic E-state index is 12.4. The van der Waals surface area contributed by atoms with Gasteiger partial charge in [0.15, 0.2) is 5.78 Å². The van der Waals surface area contributed by atoms with Crippen molar-refractivity contribution in [2.75, 3.05) is 17.7 Å². The Bertz CT molecular complexity index is 1200. The molecule has 0 saturated heterocycles. The van der Waals surface area contributed by atoms with Crippen molar-refractivity contribution in [2.45, 2.75) is 11.8 Å². The molecule has 0 atom stereocenters. The van der Waals surface area contributed by atoms with E-state index in [0.29, 0.717) is 33.6 Å². The van der Waals surface area contributed by atoms with Gasteiger partial charge < -0.3 is 10.6 Å². The van der Waals surface area contributed by atoms with E-state index in [9.17, 15) is 22.6 Å². The molecular weight excluding hydrogens is 404 g/mol. The molecule has 0 aromatic heterocycles. The Morgan fingerprint density at radius 1 is 0.833 bits per heavy atom. The van der Waals surface area contributed by atoms with E-state index in [0.717, 1.165) is 0 Å². The second kappa shape index (κ2) is 8.48. The fraction of sp³-hybridized carbons (Fsp3) is 0.0909. The number of Topliss-reactive ketones (excluding diaryl/α,β-unsaturated/α-hetero) is 1. The van der Waals surface area contributed by atoms with Gasteiger partial charge in [-0.3, -0.25) is 14.1 Å². The van der Waals surface area contributed by atoms with Crippen LogP contribution in [0, 0.1) is 0 Å². The van der Waals surface area contributed by atoms with Crippen LogP contribution in [0.3, 0.4) is 0 Å². The molecule has 0 aliphatic carbocycles. The van der Waals surface area contributed by atoms with Crippen LogP contribution in [0.2, 0.25) is 0 Å². The molecule has 3 rings (SSSR count). The van der Waals surface area contributed by atoms with E-state index >= 15 is 0 Å². The summed E-state index contributed by atoms with van der Waals surface area (Å²) in [6.45, 7) is 1.45. The van der Waals surface area contributed by atoms with Gasteiger partial charge in [0.2, 0.25) is 0 Å². The number of hydrogen-bond donors (Lipinski definition) is 3. The Morgan fingerprint density at radius 3 is 1.93 bits per heavy atom. The lowest BCUT2D eigenvalue weighted by molar-refractivity contribution is 0.101. The molecule has 1 amide bonds. The van der Waals surface area contributed by atoms with Crippen LogP contribution in [0.4, 0.5) is 11.4 Å². The van der Waals surface area contributed by atoms with Crippen LogP contribution < -0.4 is 10.6 Å². The normalized spacial score (nSPS) is 11.0. The number of rotatable bonds is 6. The second-order valence-corrected chi connectivity index (χ2v) is 7.99. The summed E-state index contributed by atoms with van der Waals surface area (Å²) in [7, 11) is -2.78. The zero-order valence-corrected chi connectivity index (χ0v) is 17.2. The van der Waals surface area contributed by atoms with Crippen molar-refractivity contribution in [2.24, 2.45) is 0 Å². The standard InChI is InChI=1S/C22H20N2O5S/c1-14(25)15-3-5-17(6-4-15)22(26)24-18-9-7-16(8-10-18)20-12-11-19(23-2)13-21(20)30(27,28)29/h3-13,23H,1-2H3,(H,24,26)(H,27,28,29). The lowest BCUT2D eigenvalue weighted by Crippen LogP contribution is -2.12. The number of carbonyl (C=O) groups is 2. The molecule has 0 unspecified atom stereocenters. The molecular formula is C22H20N2O5S. The Hall–Kier alpha value is -3.49. The highest BCUT2D eigenvalue weighted by molar-refractivity contribution is 7.86. The summed E-state index contributed by atoms with van der Waals surface area (Å²) >= 11 is 0. The molecule has 0 heterocycles. The van der Waals surface area contributed by atoms with Crippen LogP contribution in [-0.4, -0.2) is 31.7 Å². The predicted molar refractivity (Wildman–Crippen MR) is 116 cm³/mol. The van der Waals surface area contributed by atoms with Crippen LogP contribution in [0.1, 0.15) is 27.6 Å². The number of carbonyl (C=O) groups excluding carboxylic acids is 2. The summed E-state index contributed by atoms with van der Waals surface area (Å²) in [6.07, 6.45) is 0. The number of hydrogen-bond acceptors (Lipinski definition) is 5. The van der Waals surface area contributed by atoms with E-state index in [2.05, 4.69) is 10.6 Å². The van der Waals surface area contributed by atoms with Gasteiger partial charge in [-0.1, -0.05) is 30.3 Å². The highest BCUT2D eigenvalue weighted by Crippen LogP contribution is 2.30. The van der Waals surface area contributed by atoms with Crippen LogP contribution in [0.25, 0.3) is 11.1 Å². The summed E-state index contributed by atoms with van der Waals surface area (Å²) in [5.41, 5.74) is 2.89. The second-order valence-electron chi connectivity index (χ2n) is 6.60. The molecule has 0 spiro atoms. The van der Waals surface area contributed by atoms with E-state index in [1.165, 1.54) is 13.0 Å². The van der Waals surface area contributed by atoms with Gasteiger partial charge in [-0.25, -0.2) is 0 Å².